The number of carbonyl (C=O) groups excluding carboxylic acids is 1. The monoisotopic (exact) mass is 395 g/mol. The highest BCUT2D eigenvalue weighted by atomic mass is 32.2. The molecule has 0 heterocycles. The van der Waals surface area contributed by atoms with E-state index < -0.39 is 27.4 Å². The third-order valence-corrected chi connectivity index (χ3v) is 5.71. The van der Waals surface area contributed by atoms with Crippen LogP contribution in [0.4, 0.5) is 11.4 Å². The van der Waals surface area contributed by atoms with Gasteiger partial charge in [0.25, 0.3) is 5.69 Å². The summed E-state index contributed by atoms with van der Waals surface area (Å²) < 4.78 is 25.3. The minimum atomic E-state index is -3.78. The van der Waals surface area contributed by atoms with Crippen molar-refractivity contribution in [3.63, 3.8) is 0 Å². The molecule has 0 aromatic heterocycles. The molecule has 0 saturated heterocycles. The molecule has 8 nitrogen and oxygen atoms in total. The fourth-order valence-corrected chi connectivity index (χ4v) is 4.05. The zero-order valence-electron chi connectivity index (χ0n) is 15.6. The maximum atomic E-state index is 12.3. The summed E-state index contributed by atoms with van der Waals surface area (Å²) in [4.78, 5) is 22.8. The molecule has 0 saturated carbocycles. The van der Waals surface area contributed by atoms with Crippen molar-refractivity contribution < 1.29 is 18.1 Å². The summed E-state index contributed by atoms with van der Waals surface area (Å²) >= 11 is 0. The van der Waals surface area contributed by atoms with Gasteiger partial charge in [0.1, 0.15) is 6.54 Å². The van der Waals surface area contributed by atoms with Gasteiger partial charge >= 0.3 is 0 Å². The largest absolute Gasteiger partial charge is 0.354 e. The van der Waals surface area contributed by atoms with Crippen LogP contribution in [-0.2, 0) is 14.8 Å². The van der Waals surface area contributed by atoms with Crippen LogP contribution in [0.15, 0.2) is 29.8 Å². The molecule has 0 radical (unpaired) electrons. The second-order valence-corrected chi connectivity index (χ2v) is 8.56. The van der Waals surface area contributed by atoms with Crippen LogP contribution in [0.2, 0.25) is 0 Å². The molecule has 1 N–H and O–H groups in total. The summed E-state index contributed by atoms with van der Waals surface area (Å²) in [6.45, 7) is 1.50. The number of anilines is 1. The molecular weight excluding hydrogens is 370 g/mol. The third kappa shape index (κ3) is 5.78. The molecule has 0 unspecified atom stereocenters. The van der Waals surface area contributed by atoms with Crippen LogP contribution in [0, 0.1) is 17.0 Å². The van der Waals surface area contributed by atoms with Gasteiger partial charge in [0.05, 0.1) is 22.4 Å². The van der Waals surface area contributed by atoms with Gasteiger partial charge in [0, 0.05) is 12.6 Å². The first kappa shape index (κ1) is 20.9. The molecule has 0 spiro atoms. The van der Waals surface area contributed by atoms with Gasteiger partial charge in [-0.05, 0) is 45.1 Å². The summed E-state index contributed by atoms with van der Waals surface area (Å²) in [7, 11) is -3.78. The fourth-order valence-electron chi connectivity index (χ4n) is 3.14. The zero-order chi connectivity index (χ0) is 20.0. The Bertz CT molecular complexity index is 849. The topological polar surface area (TPSA) is 110 Å². The number of nitro benzene ring substituents is 1. The molecule has 0 fully saturated rings. The molecule has 1 aromatic carbocycles. The molecule has 0 bridgehead atoms. The van der Waals surface area contributed by atoms with Crippen molar-refractivity contribution in [3.8, 4) is 0 Å². The highest BCUT2D eigenvalue weighted by molar-refractivity contribution is 7.92. The number of hydrogen-bond donors (Lipinski definition) is 1. The Morgan fingerprint density at radius 3 is 2.67 bits per heavy atom. The molecule has 0 atom stereocenters. The molecule has 1 aromatic rings. The van der Waals surface area contributed by atoms with E-state index in [-0.39, 0.29) is 16.9 Å². The van der Waals surface area contributed by atoms with E-state index in [9.17, 15) is 23.3 Å². The molecule has 1 amide bonds. The van der Waals surface area contributed by atoms with Crippen LogP contribution in [0.1, 0.15) is 37.7 Å². The number of sulfonamides is 1. The van der Waals surface area contributed by atoms with Gasteiger partial charge in [-0.25, -0.2) is 8.42 Å². The summed E-state index contributed by atoms with van der Waals surface area (Å²) in [6, 6.07) is 4.17. The molecule has 0 aliphatic heterocycles. The van der Waals surface area contributed by atoms with Crippen molar-refractivity contribution in [2.45, 2.75) is 39.0 Å². The summed E-state index contributed by atoms with van der Waals surface area (Å²) in [6.07, 6.45) is 8.39. The molecule has 1 aliphatic rings. The van der Waals surface area contributed by atoms with E-state index in [2.05, 4.69) is 11.4 Å². The molecule has 9 heteroatoms. The third-order valence-electron chi connectivity index (χ3n) is 4.58. The number of nitrogens with one attached hydrogen (secondary N) is 1. The van der Waals surface area contributed by atoms with Crippen LogP contribution >= 0.6 is 0 Å². The van der Waals surface area contributed by atoms with Crippen LogP contribution in [0.25, 0.3) is 0 Å². The first-order valence-electron chi connectivity index (χ1n) is 8.86. The number of amides is 1. The van der Waals surface area contributed by atoms with Crippen LogP contribution in [0.5, 0.6) is 0 Å². The number of allylic oxidation sites excluding steroid dienone is 1. The van der Waals surface area contributed by atoms with Crippen molar-refractivity contribution >= 4 is 27.3 Å². The van der Waals surface area contributed by atoms with E-state index in [0.29, 0.717) is 6.54 Å². The lowest BCUT2D eigenvalue weighted by Gasteiger charge is -2.23. The van der Waals surface area contributed by atoms with E-state index >= 15 is 0 Å². The Balaban J connectivity index is 2.09. The van der Waals surface area contributed by atoms with Gasteiger partial charge in [0.15, 0.2) is 0 Å². The van der Waals surface area contributed by atoms with Crippen molar-refractivity contribution in [2.24, 2.45) is 0 Å². The van der Waals surface area contributed by atoms with Crippen LogP contribution in [-0.4, -0.2) is 38.6 Å². The average molecular weight is 395 g/mol. The van der Waals surface area contributed by atoms with Crippen molar-refractivity contribution in [1.82, 2.24) is 5.32 Å². The summed E-state index contributed by atoms with van der Waals surface area (Å²) in [5.74, 6) is -0.442. The lowest BCUT2D eigenvalue weighted by Crippen LogP contribution is -2.41. The lowest BCUT2D eigenvalue weighted by atomic mass is 9.97. The van der Waals surface area contributed by atoms with Gasteiger partial charge in [-0.2, -0.15) is 0 Å². The minimum Gasteiger partial charge on any atom is -0.354 e. The summed E-state index contributed by atoms with van der Waals surface area (Å²) in [5, 5.41) is 13.9. The smallest absolute Gasteiger partial charge is 0.274 e. The second kappa shape index (κ2) is 8.98. The normalized spacial score (nSPS) is 14.4. The van der Waals surface area contributed by atoms with E-state index in [1.54, 1.807) is 0 Å². The van der Waals surface area contributed by atoms with E-state index in [1.165, 1.54) is 37.1 Å². The van der Waals surface area contributed by atoms with Gasteiger partial charge in [0.2, 0.25) is 15.9 Å². The standard InChI is InChI=1S/C18H25N3O5S/c1-14-16(9-6-10-17(14)21(23)24)20(27(2,25)26)13-18(22)19-12-11-15-7-4-3-5-8-15/h6-7,9-10H,3-5,8,11-13H2,1-2H3,(H,19,22). The summed E-state index contributed by atoms with van der Waals surface area (Å²) in [5.41, 5.74) is 1.46. The van der Waals surface area contributed by atoms with E-state index in [0.717, 1.165) is 36.2 Å². The minimum absolute atomic E-state index is 0.136. The molecule has 2 rings (SSSR count). The molecule has 27 heavy (non-hydrogen) atoms. The van der Waals surface area contributed by atoms with Crippen molar-refractivity contribution in [3.05, 3.63) is 45.5 Å². The number of rotatable bonds is 8. The Morgan fingerprint density at radius 2 is 2.07 bits per heavy atom. The molecular formula is C18H25N3O5S. The van der Waals surface area contributed by atoms with Crippen LogP contribution in [0.3, 0.4) is 0 Å². The number of nitro groups is 1. The Morgan fingerprint density at radius 1 is 1.33 bits per heavy atom. The zero-order valence-corrected chi connectivity index (χ0v) is 16.4. The Kier molecular flexibility index (Phi) is 6.95. The van der Waals surface area contributed by atoms with E-state index in [1.807, 2.05) is 0 Å². The fraction of sp³-hybridized carbons (Fsp3) is 0.500. The van der Waals surface area contributed by atoms with Crippen molar-refractivity contribution in [2.75, 3.05) is 23.7 Å². The average Bonchev–Trinajstić information content (AvgIpc) is 2.60. The van der Waals surface area contributed by atoms with Crippen LogP contribution < -0.4 is 9.62 Å². The number of benzene rings is 1. The highest BCUT2D eigenvalue weighted by Crippen LogP contribution is 2.29. The number of nitrogens with zero attached hydrogens (tertiary/aromatic N) is 2. The second-order valence-electron chi connectivity index (χ2n) is 6.66. The van der Waals surface area contributed by atoms with Gasteiger partial charge in [-0.15, -0.1) is 0 Å². The highest BCUT2D eigenvalue weighted by Gasteiger charge is 2.25. The first-order valence-corrected chi connectivity index (χ1v) is 10.7. The predicted molar refractivity (Wildman–Crippen MR) is 104 cm³/mol. The Labute approximate surface area is 159 Å². The van der Waals surface area contributed by atoms with Gasteiger partial charge in [-0.3, -0.25) is 19.2 Å². The number of carbonyl (C=O) groups is 1. The van der Waals surface area contributed by atoms with Crippen molar-refractivity contribution in [1.29, 1.82) is 0 Å². The maximum Gasteiger partial charge on any atom is 0.274 e. The van der Waals surface area contributed by atoms with Gasteiger partial charge in [-0.1, -0.05) is 17.7 Å². The lowest BCUT2D eigenvalue weighted by molar-refractivity contribution is -0.385. The molecule has 1 aliphatic carbocycles. The predicted octanol–water partition coefficient (Wildman–Crippen LogP) is 2.68. The van der Waals surface area contributed by atoms with E-state index in [4.69, 9.17) is 0 Å². The quantitative estimate of drug-likeness (QED) is 0.413. The molecule has 148 valence electrons. The SMILES string of the molecule is Cc1c(N(CC(=O)NCCC2=CCCCC2)S(C)(=O)=O)cccc1[N+](=O)[O-]. The first-order chi connectivity index (χ1) is 12.7. The maximum absolute atomic E-state index is 12.3. The Hall–Kier alpha value is -2.42. The van der Waals surface area contributed by atoms with Gasteiger partial charge < -0.3 is 5.32 Å². The number of hydrogen-bond acceptors (Lipinski definition) is 5.